The number of carbonyl (C=O) groups excluding carboxylic acids is 2. The van der Waals surface area contributed by atoms with Gasteiger partial charge in [-0.15, -0.1) is 0 Å². The Kier molecular flexibility index (Phi) is 8.05. The van der Waals surface area contributed by atoms with Crippen LogP contribution in [0.1, 0.15) is 31.9 Å². The van der Waals surface area contributed by atoms with Gasteiger partial charge in [-0.2, -0.15) is 0 Å². The maximum Gasteiger partial charge on any atom is 0.242 e. The van der Waals surface area contributed by atoms with E-state index in [-0.39, 0.29) is 17.7 Å². The van der Waals surface area contributed by atoms with Crippen molar-refractivity contribution in [1.82, 2.24) is 10.2 Å². The van der Waals surface area contributed by atoms with E-state index in [1.165, 1.54) is 5.56 Å². The number of methoxy groups -OCH3 is 1. The van der Waals surface area contributed by atoms with Crippen molar-refractivity contribution < 1.29 is 14.3 Å². The SMILES string of the molecule is COc1ccc(CN(C(=O)C(C)C)[C@H](C)C(=O)NCCc2ccccc2)cc1. The van der Waals surface area contributed by atoms with Crippen LogP contribution in [0.15, 0.2) is 54.6 Å². The monoisotopic (exact) mass is 382 g/mol. The molecule has 0 spiro atoms. The number of benzene rings is 2. The highest BCUT2D eigenvalue weighted by atomic mass is 16.5. The number of ether oxygens (including phenoxy) is 1. The third-order valence-corrected chi connectivity index (χ3v) is 4.69. The molecule has 0 radical (unpaired) electrons. The molecule has 0 saturated heterocycles. The van der Waals surface area contributed by atoms with E-state index in [1.54, 1.807) is 18.9 Å². The second-order valence-corrected chi connectivity index (χ2v) is 7.17. The third kappa shape index (κ3) is 6.12. The molecule has 28 heavy (non-hydrogen) atoms. The molecule has 0 aromatic heterocycles. The summed E-state index contributed by atoms with van der Waals surface area (Å²) < 4.78 is 5.18. The van der Waals surface area contributed by atoms with Crippen LogP contribution in [0.3, 0.4) is 0 Å². The lowest BCUT2D eigenvalue weighted by atomic mass is 10.1. The largest absolute Gasteiger partial charge is 0.497 e. The Hall–Kier alpha value is -2.82. The molecule has 1 atom stereocenters. The first-order valence-corrected chi connectivity index (χ1v) is 9.67. The van der Waals surface area contributed by atoms with Crippen molar-refractivity contribution in [2.75, 3.05) is 13.7 Å². The molecule has 2 aromatic carbocycles. The van der Waals surface area contributed by atoms with E-state index in [2.05, 4.69) is 5.32 Å². The van der Waals surface area contributed by atoms with E-state index in [9.17, 15) is 9.59 Å². The second kappa shape index (κ2) is 10.5. The highest BCUT2D eigenvalue weighted by Gasteiger charge is 2.27. The van der Waals surface area contributed by atoms with Gasteiger partial charge < -0.3 is 15.0 Å². The zero-order valence-electron chi connectivity index (χ0n) is 17.1. The lowest BCUT2D eigenvalue weighted by Gasteiger charge is -2.30. The number of hydrogen-bond acceptors (Lipinski definition) is 3. The fraction of sp³-hybridized carbons (Fsp3) is 0.391. The molecular weight excluding hydrogens is 352 g/mol. The lowest BCUT2D eigenvalue weighted by Crippen LogP contribution is -2.49. The maximum absolute atomic E-state index is 12.7. The first-order chi connectivity index (χ1) is 13.4. The molecular formula is C23H30N2O3. The van der Waals surface area contributed by atoms with E-state index < -0.39 is 6.04 Å². The van der Waals surface area contributed by atoms with Gasteiger partial charge in [0.2, 0.25) is 11.8 Å². The smallest absolute Gasteiger partial charge is 0.242 e. The maximum atomic E-state index is 12.7. The zero-order valence-corrected chi connectivity index (χ0v) is 17.1. The van der Waals surface area contributed by atoms with Crippen LogP contribution < -0.4 is 10.1 Å². The first-order valence-electron chi connectivity index (χ1n) is 9.67. The molecule has 5 nitrogen and oxygen atoms in total. The highest BCUT2D eigenvalue weighted by Crippen LogP contribution is 2.16. The van der Waals surface area contributed by atoms with Crippen LogP contribution in [0.4, 0.5) is 0 Å². The summed E-state index contributed by atoms with van der Waals surface area (Å²) >= 11 is 0. The molecule has 0 fully saturated rings. The summed E-state index contributed by atoms with van der Waals surface area (Å²) in [4.78, 5) is 27.0. The Morgan fingerprint density at radius 1 is 0.964 bits per heavy atom. The minimum atomic E-state index is -0.548. The van der Waals surface area contributed by atoms with Crippen LogP contribution in [-0.4, -0.2) is 36.4 Å². The normalized spacial score (nSPS) is 11.8. The fourth-order valence-corrected chi connectivity index (χ4v) is 2.93. The van der Waals surface area contributed by atoms with E-state index in [1.807, 2.05) is 68.4 Å². The van der Waals surface area contributed by atoms with Crippen molar-refractivity contribution >= 4 is 11.8 Å². The van der Waals surface area contributed by atoms with Gasteiger partial charge in [-0.05, 0) is 36.6 Å². The van der Waals surface area contributed by atoms with Crippen molar-refractivity contribution in [3.8, 4) is 5.75 Å². The Morgan fingerprint density at radius 2 is 1.61 bits per heavy atom. The molecule has 2 rings (SSSR count). The van der Waals surface area contributed by atoms with Gasteiger partial charge in [0.25, 0.3) is 0 Å². The molecule has 5 heteroatoms. The molecule has 2 amide bonds. The van der Waals surface area contributed by atoms with Crippen LogP contribution in [-0.2, 0) is 22.6 Å². The topological polar surface area (TPSA) is 58.6 Å². The third-order valence-electron chi connectivity index (χ3n) is 4.69. The Bertz CT molecular complexity index is 757. The van der Waals surface area contributed by atoms with Gasteiger partial charge in [-0.1, -0.05) is 56.3 Å². The Labute approximate surface area is 167 Å². The van der Waals surface area contributed by atoms with Crippen LogP contribution in [0.25, 0.3) is 0 Å². The van der Waals surface area contributed by atoms with Crippen LogP contribution in [0.5, 0.6) is 5.75 Å². The van der Waals surface area contributed by atoms with Crippen molar-refractivity contribution in [1.29, 1.82) is 0 Å². The van der Waals surface area contributed by atoms with Gasteiger partial charge in [-0.25, -0.2) is 0 Å². The van der Waals surface area contributed by atoms with Crippen molar-refractivity contribution in [2.45, 2.75) is 39.8 Å². The number of nitrogens with zero attached hydrogens (tertiary/aromatic N) is 1. The van der Waals surface area contributed by atoms with Crippen LogP contribution in [0.2, 0.25) is 0 Å². The summed E-state index contributed by atoms with van der Waals surface area (Å²) in [6, 6.07) is 17.0. The average molecular weight is 383 g/mol. The van der Waals surface area contributed by atoms with E-state index in [0.717, 1.165) is 17.7 Å². The molecule has 0 bridgehead atoms. The predicted octanol–water partition coefficient (Wildman–Crippen LogP) is 3.43. The Balaban J connectivity index is 2.01. The summed E-state index contributed by atoms with van der Waals surface area (Å²) in [6.07, 6.45) is 0.760. The summed E-state index contributed by atoms with van der Waals surface area (Å²) in [5.74, 6) is 0.398. The van der Waals surface area contributed by atoms with Crippen molar-refractivity contribution in [2.24, 2.45) is 5.92 Å². The van der Waals surface area contributed by atoms with Gasteiger partial charge in [0.05, 0.1) is 7.11 Å². The first kappa shape index (κ1) is 21.5. The van der Waals surface area contributed by atoms with Gasteiger partial charge in [0, 0.05) is 19.0 Å². The van der Waals surface area contributed by atoms with E-state index in [4.69, 9.17) is 4.74 Å². The van der Waals surface area contributed by atoms with Crippen LogP contribution >= 0.6 is 0 Å². The molecule has 0 heterocycles. The minimum absolute atomic E-state index is 0.0403. The fourth-order valence-electron chi connectivity index (χ4n) is 2.93. The zero-order chi connectivity index (χ0) is 20.5. The highest BCUT2D eigenvalue weighted by molar-refractivity contribution is 5.88. The number of nitrogens with one attached hydrogen (secondary N) is 1. The van der Waals surface area contributed by atoms with E-state index >= 15 is 0 Å². The molecule has 0 aliphatic carbocycles. The molecule has 1 N–H and O–H groups in total. The molecule has 2 aromatic rings. The molecule has 150 valence electrons. The minimum Gasteiger partial charge on any atom is -0.497 e. The van der Waals surface area contributed by atoms with Gasteiger partial charge in [-0.3, -0.25) is 9.59 Å². The molecule has 0 unspecified atom stereocenters. The van der Waals surface area contributed by atoms with Crippen molar-refractivity contribution in [3.63, 3.8) is 0 Å². The van der Waals surface area contributed by atoms with Gasteiger partial charge in [0.15, 0.2) is 0 Å². The predicted molar refractivity (Wildman–Crippen MR) is 111 cm³/mol. The number of amides is 2. The summed E-state index contributed by atoms with van der Waals surface area (Å²) in [7, 11) is 1.62. The average Bonchev–Trinajstić information content (AvgIpc) is 2.72. The van der Waals surface area contributed by atoms with Gasteiger partial charge >= 0.3 is 0 Å². The second-order valence-electron chi connectivity index (χ2n) is 7.17. The van der Waals surface area contributed by atoms with Crippen LogP contribution in [0, 0.1) is 5.92 Å². The lowest BCUT2D eigenvalue weighted by molar-refractivity contribution is -0.143. The number of hydrogen-bond donors (Lipinski definition) is 1. The van der Waals surface area contributed by atoms with Gasteiger partial charge in [0.1, 0.15) is 11.8 Å². The Morgan fingerprint density at radius 3 is 2.18 bits per heavy atom. The standard InChI is InChI=1S/C23H30N2O3/c1-17(2)23(27)25(16-20-10-12-21(28-4)13-11-20)18(3)22(26)24-15-14-19-8-6-5-7-9-19/h5-13,17-18H,14-16H2,1-4H3,(H,24,26)/t18-/m1/s1. The number of rotatable bonds is 9. The molecule has 0 aliphatic heterocycles. The van der Waals surface area contributed by atoms with E-state index in [0.29, 0.717) is 13.1 Å². The summed E-state index contributed by atoms with van der Waals surface area (Å²) in [5.41, 5.74) is 2.13. The summed E-state index contributed by atoms with van der Waals surface area (Å²) in [5, 5.41) is 2.96. The summed E-state index contributed by atoms with van der Waals surface area (Å²) in [6.45, 7) is 6.40. The number of carbonyl (C=O) groups is 2. The quantitative estimate of drug-likeness (QED) is 0.723. The molecule has 0 aliphatic rings. The van der Waals surface area contributed by atoms with Crippen molar-refractivity contribution in [3.05, 3.63) is 65.7 Å². The molecule has 0 saturated carbocycles.